The van der Waals surface area contributed by atoms with E-state index in [1.54, 1.807) is 19.3 Å². The van der Waals surface area contributed by atoms with Crippen molar-refractivity contribution in [2.24, 2.45) is 29.6 Å². The molecule has 0 spiro atoms. The van der Waals surface area contributed by atoms with Crippen molar-refractivity contribution in [2.45, 2.75) is 64.8 Å². The molecule has 1 nitrogen and oxygen atoms in total. The second-order valence-electron chi connectivity index (χ2n) is 6.84. The van der Waals surface area contributed by atoms with Crippen molar-refractivity contribution in [2.75, 3.05) is 6.54 Å². The predicted molar refractivity (Wildman–Crippen MR) is 72.9 cm³/mol. The highest BCUT2D eigenvalue weighted by Crippen LogP contribution is 2.65. The van der Waals surface area contributed by atoms with Crippen LogP contribution < -0.4 is 5.32 Å². The molecular formula is C16H29N. The molecule has 1 N–H and O–H groups in total. The van der Waals surface area contributed by atoms with Gasteiger partial charge in [0.25, 0.3) is 0 Å². The fourth-order valence-corrected chi connectivity index (χ4v) is 4.84. The van der Waals surface area contributed by atoms with E-state index in [-0.39, 0.29) is 0 Å². The average molecular weight is 235 g/mol. The van der Waals surface area contributed by atoms with Gasteiger partial charge in [-0.05, 0) is 61.8 Å². The summed E-state index contributed by atoms with van der Waals surface area (Å²) in [5.41, 5.74) is 0. The largest absolute Gasteiger partial charge is 0.313 e. The molecule has 0 amide bonds. The van der Waals surface area contributed by atoms with E-state index in [0.29, 0.717) is 0 Å². The van der Waals surface area contributed by atoms with Gasteiger partial charge in [-0.25, -0.2) is 0 Å². The summed E-state index contributed by atoms with van der Waals surface area (Å²) in [5.74, 6) is 5.40. The van der Waals surface area contributed by atoms with Crippen LogP contribution in [0.1, 0.15) is 58.8 Å². The molecule has 17 heavy (non-hydrogen) atoms. The molecule has 3 saturated carbocycles. The molecule has 0 radical (unpaired) electrons. The van der Waals surface area contributed by atoms with Crippen LogP contribution in [0.4, 0.5) is 0 Å². The quantitative estimate of drug-likeness (QED) is 0.707. The zero-order valence-electron chi connectivity index (χ0n) is 11.6. The van der Waals surface area contributed by atoms with E-state index in [1.165, 1.54) is 32.2 Å². The van der Waals surface area contributed by atoms with E-state index >= 15 is 0 Å². The number of hydrogen-bond acceptors (Lipinski definition) is 1. The molecule has 5 unspecified atom stereocenters. The van der Waals surface area contributed by atoms with Crippen molar-refractivity contribution >= 4 is 0 Å². The van der Waals surface area contributed by atoms with Crippen molar-refractivity contribution < 1.29 is 0 Å². The lowest BCUT2D eigenvalue weighted by Gasteiger charge is -2.17. The summed E-state index contributed by atoms with van der Waals surface area (Å²) in [6, 6.07) is 0.942. The fourth-order valence-electron chi connectivity index (χ4n) is 4.84. The van der Waals surface area contributed by atoms with E-state index in [4.69, 9.17) is 0 Å². The van der Waals surface area contributed by atoms with Crippen molar-refractivity contribution in [3.63, 3.8) is 0 Å². The second-order valence-corrected chi connectivity index (χ2v) is 6.84. The minimum Gasteiger partial charge on any atom is -0.313 e. The van der Waals surface area contributed by atoms with E-state index < -0.39 is 0 Å². The third-order valence-electron chi connectivity index (χ3n) is 5.92. The Kier molecular flexibility index (Phi) is 3.47. The van der Waals surface area contributed by atoms with Crippen LogP contribution in [0, 0.1) is 29.6 Å². The monoisotopic (exact) mass is 235 g/mol. The maximum absolute atomic E-state index is 3.92. The third kappa shape index (κ3) is 2.16. The molecule has 5 atom stereocenters. The Bertz CT molecular complexity index is 246. The van der Waals surface area contributed by atoms with Crippen LogP contribution >= 0.6 is 0 Å². The van der Waals surface area contributed by atoms with Gasteiger partial charge in [-0.3, -0.25) is 0 Å². The Balaban J connectivity index is 1.41. The average Bonchev–Trinajstić information content (AvgIpc) is 2.75. The molecular weight excluding hydrogens is 206 g/mol. The van der Waals surface area contributed by atoms with E-state index in [1.807, 2.05) is 0 Å². The van der Waals surface area contributed by atoms with Crippen molar-refractivity contribution in [1.29, 1.82) is 0 Å². The molecule has 0 saturated heterocycles. The molecule has 98 valence electrons. The fraction of sp³-hybridized carbons (Fsp3) is 1.00. The van der Waals surface area contributed by atoms with Gasteiger partial charge in [0.15, 0.2) is 0 Å². The molecule has 0 aromatic heterocycles. The van der Waals surface area contributed by atoms with E-state index in [2.05, 4.69) is 19.2 Å². The minimum atomic E-state index is 0.939. The van der Waals surface area contributed by atoms with Crippen molar-refractivity contribution in [3.8, 4) is 0 Å². The highest BCUT2D eigenvalue weighted by Gasteiger charge is 2.64. The maximum Gasteiger partial charge on any atom is 0.0136 e. The van der Waals surface area contributed by atoms with Crippen LogP contribution in [-0.2, 0) is 0 Å². The predicted octanol–water partition coefficient (Wildman–Crippen LogP) is 3.84. The molecule has 3 rings (SSSR count). The van der Waals surface area contributed by atoms with Crippen molar-refractivity contribution in [1.82, 2.24) is 5.32 Å². The molecule has 3 fully saturated rings. The lowest BCUT2D eigenvalue weighted by atomic mass is 9.99. The van der Waals surface area contributed by atoms with Gasteiger partial charge in [0.2, 0.25) is 0 Å². The van der Waals surface area contributed by atoms with Gasteiger partial charge >= 0.3 is 0 Å². The highest BCUT2D eigenvalue weighted by molar-refractivity contribution is 5.16. The summed E-state index contributed by atoms with van der Waals surface area (Å²) in [5, 5.41) is 3.92. The first-order valence-electron chi connectivity index (χ1n) is 8.08. The summed E-state index contributed by atoms with van der Waals surface area (Å²) >= 11 is 0. The van der Waals surface area contributed by atoms with Crippen LogP contribution in [-0.4, -0.2) is 12.6 Å². The van der Waals surface area contributed by atoms with Crippen molar-refractivity contribution in [3.05, 3.63) is 0 Å². The van der Waals surface area contributed by atoms with Gasteiger partial charge in [0.1, 0.15) is 0 Å². The number of unbranched alkanes of at least 4 members (excludes halogenated alkanes) is 1. The van der Waals surface area contributed by atoms with Gasteiger partial charge in [0.05, 0.1) is 0 Å². The second kappa shape index (κ2) is 4.91. The van der Waals surface area contributed by atoms with Gasteiger partial charge in [0, 0.05) is 6.04 Å². The normalized spacial score (nSPS) is 43.8. The van der Waals surface area contributed by atoms with Crippen LogP contribution in [0.25, 0.3) is 0 Å². The van der Waals surface area contributed by atoms with Crippen LogP contribution in [0.5, 0.6) is 0 Å². The third-order valence-corrected chi connectivity index (χ3v) is 5.92. The van der Waals surface area contributed by atoms with Gasteiger partial charge in [-0.15, -0.1) is 0 Å². The maximum atomic E-state index is 3.92. The SMILES string of the molecule is CCCCC(CC)CNC1C2C3CCC(C3)C12. The van der Waals surface area contributed by atoms with Crippen LogP contribution in [0.2, 0.25) is 0 Å². The van der Waals surface area contributed by atoms with Gasteiger partial charge in [-0.1, -0.05) is 33.1 Å². The summed E-state index contributed by atoms with van der Waals surface area (Å²) in [6.45, 7) is 5.97. The molecule has 0 aromatic rings. The summed E-state index contributed by atoms with van der Waals surface area (Å²) in [7, 11) is 0. The Morgan fingerprint density at radius 1 is 1.12 bits per heavy atom. The topological polar surface area (TPSA) is 12.0 Å². The van der Waals surface area contributed by atoms with Crippen LogP contribution in [0.3, 0.4) is 0 Å². The van der Waals surface area contributed by atoms with Gasteiger partial charge < -0.3 is 5.32 Å². The Morgan fingerprint density at radius 2 is 1.82 bits per heavy atom. The first-order chi connectivity index (χ1) is 8.35. The Labute approximate surface area is 107 Å². The lowest BCUT2D eigenvalue weighted by Crippen LogP contribution is -2.28. The number of rotatable bonds is 7. The first kappa shape index (κ1) is 12.0. The zero-order valence-corrected chi connectivity index (χ0v) is 11.6. The highest BCUT2D eigenvalue weighted by atomic mass is 15.0. The first-order valence-corrected chi connectivity index (χ1v) is 8.08. The smallest absolute Gasteiger partial charge is 0.0136 e. The van der Waals surface area contributed by atoms with Crippen LogP contribution in [0.15, 0.2) is 0 Å². The molecule has 0 aromatic carbocycles. The lowest BCUT2D eigenvalue weighted by molar-refractivity contribution is 0.387. The summed E-state index contributed by atoms with van der Waals surface area (Å²) < 4.78 is 0. The number of hydrogen-bond donors (Lipinski definition) is 1. The number of fused-ring (bicyclic) bond motifs is 5. The molecule has 0 aliphatic heterocycles. The Morgan fingerprint density at radius 3 is 2.41 bits per heavy atom. The molecule has 3 aliphatic rings. The Hall–Kier alpha value is -0.0400. The van der Waals surface area contributed by atoms with E-state index in [0.717, 1.165) is 35.6 Å². The van der Waals surface area contributed by atoms with Gasteiger partial charge in [-0.2, -0.15) is 0 Å². The molecule has 2 bridgehead atoms. The molecule has 0 heterocycles. The summed E-state index contributed by atoms with van der Waals surface area (Å²) in [4.78, 5) is 0. The minimum absolute atomic E-state index is 0.939. The zero-order chi connectivity index (χ0) is 11.8. The van der Waals surface area contributed by atoms with E-state index in [9.17, 15) is 0 Å². The summed E-state index contributed by atoms with van der Waals surface area (Å²) in [6.07, 6.45) is 10.3. The number of nitrogens with one attached hydrogen (secondary N) is 1. The molecule has 1 heteroatoms. The standard InChI is InChI=1S/C16H29N/c1-3-5-6-11(4-2)10-17-16-14-12-7-8-13(9-12)15(14)16/h11-17H,3-10H2,1-2H3. The molecule has 3 aliphatic carbocycles.